The maximum Gasteiger partial charge on any atom is 0.328 e. The number of benzene rings is 2. The third-order valence-electron chi connectivity index (χ3n) is 5.02. The average molecular weight is 389 g/mol. The fourth-order valence-corrected chi connectivity index (χ4v) is 3.44. The highest BCUT2D eigenvalue weighted by molar-refractivity contribution is 5.84. The molecule has 1 heterocycles. The van der Waals surface area contributed by atoms with Crippen molar-refractivity contribution >= 4 is 28.2 Å². The number of fused-ring (bicyclic) bond motifs is 1. The van der Waals surface area contributed by atoms with Crippen molar-refractivity contribution in [3.8, 4) is 5.75 Å². The lowest BCUT2D eigenvalue weighted by atomic mass is 10.0. The van der Waals surface area contributed by atoms with E-state index in [0.29, 0.717) is 0 Å². The maximum absolute atomic E-state index is 12.6. The van der Waals surface area contributed by atoms with Crippen molar-refractivity contribution in [1.82, 2.24) is 4.98 Å². The smallest absolute Gasteiger partial charge is 0.328 e. The lowest BCUT2D eigenvalue weighted by Gasteiger charge is -2.22. The van der Waals surface area contributed by atoms with E-state index in [1.54, 1.807) is 30.3 Å². The third kappa shape index (κ3) is 3.27. The van der Waals surface area contributed by atoms with Crippen LogP contribution in [0.1, 0.15) is 5.56 Å². The Bertz CT molecular complexity index is 1270. The third-order valence-corrected chi connectivity index (χ3v) is 5.02. The SMILES string of the molecule is CN(c1ccccc1)c1c(O)c(=N[C@H](Cc2c[nH]c3ccccc23)C(=O)O)c1=O. The van der Waals surface area contributed by atoms with Crippen molar-refractivity contribution in [2.24, 2.45) is 4.99 Å². The van der Waals surface area contributed by atoms with Gasteiger partial charge in [0.1, 0.15) is 5.69 Å². The van der Waals surface area contributed by atoms with Gasteiger partial charge in [-0.2, -0.15) is 0 Å². The second kappa shape index (κ2) is 7.27. The van der Waals surface area contributed by atoms with Gasteiger partial charge in [-0.1, -0.05) is 36.4 Å². The number of rotatable bonds is 6. The number of aliphatic carboxylic acids is 1. The molecule has 0 saturated carbocycles. The van der Waals surface area contributed by atoms with Crippen LogP contribution in [0, 0.1) is 0 Å². The van der Waals surface area contributed by atoms with Gasteiger partial charge in [-0.15, -0.1) is 0 Å². The second-order valence-electron chi connectivity index (χ2n) is 6.82. The van der Waals surface area contributed by atoms with E-state index in [0.717, 1.165) is 22.2 Å². The van der Waals surface area contributed by atoms with Crippen LogP contribution in [0.15, 0.2) is 70.6 Å². The number of nitrogens with zero attached hydrogens (tertiary/aromatic N) is 2. The predicted octanol–water partition coefficient (Wildman–Crippen LogP) is 2.47. The molecule has 0 aliphatic heterocycles. The molecule has 146 valence electrons. The number of anilines is 2. The zero-order valence-corrected chi connectivity index (χ0v) is 15.7. The number of hydrogen-bond donors (Lipinski definition) is 3. The topological polar surface area (TPSA) is 106 Å². The molecule has 0 spiro atoms. The molecule has 1 atom stereocenters. The quantitative estimate of drug-likeness (QED) is 0.470. The van der Waals surface area contributed by atoms with E-state index in [1.807, 2.05) is 42.5 Å². The van der Waals surface area contributed by atoms with E-state index in [1.165, 1.54) is 0 Å². The molecule has 4 rings (SSSR count). The Hall–Kier alpha value is -3.87. The first kappa shape index (κ1) is 18.5. The first-order chi connectivity index (χ1) is 14.0. The number of carboxylic acid groups (broad SMARTS) is 1. The number of aromatic hydroxyl groups is 1. The zero-order chi connectivity index (χ0) is 20.5. The van der Waals surface area contributed by atoms with Crippen molar-refractivity contribution in [3.05, 3.63) is 81.9 Å². The summed E-state index contributed by atoms with van der Waals surface area (Å²) >= 11 is 0. The largest absolute Gasteiger partial charge is 0.504 e. The lowest BCUT2D eigenvalue weighted by molar-refractivity contribution is -0.138. The van der Waals surface area contributed by atoms with Crippen molar-refractivity contribution in [2.75, 3.05) is 11.9 Å². The fraction of sp³-hybridized carbons (Fsp3) is 0.136. The molecule has 7 heteroatoms. The van der Waals surface area contributed by atoms with E-state index >= 15 is 0 Å². The van der Waals surface area contributed by atoms with Gasteiger partial charge in [0.25, 0.3) is 0 Å². The highest BCUT2D eigenvalue weighted by Crippen LogP contribution is 2.27. The van der Waals surface area contributed by atoms with Crippen molar-refractivity contribution in [3.63, 3.8) is 0 Å². The Kier molecular flexibility index (Phi) is 4.64. The van der Waals surface area contributed by atoms with Crippen molar-refractivity contribution in [1.29, 1.82) is 0 Å². The minimum Gasteiger partial charge on any atom is -0.504 e. The molecule has 3 N–H and O–H groups in total. The summed E-state index contributed by atoms with van der Waals surface area (Å²) in [4.78, 5) is 33.1. The van der Waals surface area contributed by atoms with Gasteiger partial charge in [0.05, 0.1) is 0 Å². The van der Waals surface area contributed by atoms with E-state index in [9.17, 15) is 19.8 Å². The standard InChI is InChI=1S/C22H19N3O4/c1-25(14-7-3-2-4-8-14)19-20(26)18(21(19)27)24-17(22(28)29)11-13-12-23-16-10-6-5-9-15(13)16/h2-10,12,17,23,26H,11H2,1H3,(H,28,29)/t17-/m1/s1. The maximum atomic E-state index is 12.6. The summed E-state index contributed by atoms with van der Waals surface area (Å²) in [6.07, 6.45) is 1.85. The molecule has 29 heavy (non-hydrogen) atoms. The monoisotopic (exact) mass is 389 g/mol. The van der Waals surface area contributed by atoms with Crippen LogP contribution in [-0.2, 0) is 11.2 Å². The molecule has 0 radical (unpaired) electrons. The zero-order valence-electron chi connectivity index (χ0n) is 15.7. The number of hydrogen-bond acceptors (Lipinski definition) is 5. The highest BCUT2D eigenvalue weighted by Gasteiger charge is 2.26. The summed E-state index contributed by atoms with van der Waals surface area (Å²) in [6, 6.07) is 15.5. The Labute approximate surface area is 165 Å². The van der Waals surface area contributed by atoms with Crippen molar-refractivity contribution < 1.29 is 15.0 Å². The van der Waals surface area contributed by atoms with Gasteiger partial charge in [0.15, 0.2) is 17.1 Å². The van der Waals surface area contributed by atoms with Gasteiger partial charge < -0.3 is 20.1 Å². The Morgan fingerprint density at radius 1 is 1.14 bits per heavy atom. The van der Waals surface area contributed by atoms with Gasteiger partial charge >= 0.3 is 5.97 Å². The van der Waals surface area contributed by atoms with Crippen molar-refractivity contribution in [2.45, 2.75) is 12.5 Å². The summed E-state index contributed by atoms with van der Waals surface area (Å²) in [5, 5.41) is 20.7. The fourth-order valence-electron chi connectivity index (χ4n) is 3.44. The molecule has 3 aromatic carbocycles. The van der Waals surface area contributed by atoms with Gasteiger partial charge in [-0.25, -0.2) is 4.79 Å². The Morgan fingerprint density at radius 2 is 1.83 bits per heavy atom. The first-order valence-corrected chi connectivity index (χ1v) is 9.10. The van der Waals surface area contributed by atoms with Crippen LogP contribution in [-0.4, -0.2) is 34.3 Å². The van der Waals surface area contributed by atoms with Gasteiger partial charge in [0, 0.05) is 36.3 Å². The molecule has 4 aromatic rings. The van der Waals surface area contributed by atoms with E-state index < -0.39 is 17.4 Å². The number of carboxylic acids is 1. The second-order valence-corrected chi connectivity index (χ2v) is 6.82. The molecule has 0 aliphatic rings. The normalized spacial score (nSPS) is 13.1. The minimum absolute atomic E-state index is 0.103. The molecule has 0 fully saturated rings. The van der Waals surface area contributed by atoms with Gasteiger partial charge in [-0.05, 0) is 23.8 Å². The molecule has 0 unspecified atom stereocenters. The Morgan fingerprint density at radius 3 is 2.52 bits per heavy atom. The number of nitrogens with one attached hydrogen (secondary N) is 1. The van der Waals surface area contributed by atoms with Crippen LogP contribution >= 0.6 is 0 Å². The lowest BCUT2D eigenvalue weighted by Crippen LogP contribution is -2.39. The summed E-state index contributed by atoms with van der Waals surface area (Å²) in [7, 11) is 1.66. The Balaban J connectivity index is 1.67. The highest BCUT2D eigenvalue weighted by atomic mass is 16.4. The van der Waals surface area contributed by atoms with E-state index in [-0.39, 0.29) is 23.2 Å². The molecule has 1 aromatic heterocycles. The molecule has 7 nitrogen and oxygen atoms in total. The first-order valence-electron chi connectivity index (χ1n) is 9.10. The molecular formula is C22H19N3O4. The van der Waals surface area contributed by atoms with Gasteiger partial charge in [0.2, 0.25) is 5.43 Å². The van der Waals surface area contributed by atoms with Crippen LogP contribution in [0.3, 0.4) is 0 Å². The molecule has 0 amide bonds. The minimum atomic E-state index is -1.18. The van der Waals surface area contributed by atoms with Crippen LogP contribution < -0.4 is 15.7 Å². The molecule has 0 aliphatic carbocycles. The summed E-state index contributed by atoms with van der Waals surface area (Å²) in [5.41, 5.74) is 2.04. The number of H-pyrrole nitrogens is 1. The summed E-state index contributed by atoms with van der Waals surface area (Å²) in [6.45, 7) is 0. The van der Waals surface area contributed by atoms with Crippen LogP contribution in [0.2, 0.25) is 0 Å². The van der Waals surface area contributed by atoms with Gasteiger partial charge in [-0.3, -0.25) is 9.79 Å². The summed E-state index contributed by atoms with van der Waals surface area (Å²) < 4.78 is 0. The molecular weight excluding hydrogens is 370 g/mol. The molecule has 0 saturated heterocycles. The van der Waals surface area contributed by atoms with Crippen LogP contribution in [0.5, 0.6) is 5.75 Å². The van der Waals surface area contributed by atoms with Crippen LogP contribution in [0.25, 0.3) is 10.9 Å². The van der Waals surface area contributed by atoms with E-state index in [2.05, 4.69) is 9.98 Å². The number of para-hydroxylation sites is 2. The average Bonchev–Trinajstić information content (AvgIpc) is 3.14. The van der Waals surface area contributed by atoms with Crippen LogP contribution in [0.4, 0.5) is 11.4 Å². The predicted molar refractivity (Wildman–Crippen MR) is 110 cm³/mol. The number of aromatic nitrogens is 1. The summed E-state index contributed by atoms with van der Waals surface area (Å²) in [5.74, 6) is -1.44. The number of aromatic amines is 1. The van der Waals surface area contributed by atoms with E-state index in [4.69, 9.17) is 0 Å². The molecule has 0 bridgehead atoms. The number of carbonyl (C=O) groups is 1.